The van der Waals surface area contributed by atoms with Gasteiger partial charge < -0.3 is 5.11 Å². The number of likely N-dealkylation sites (tertiary alicyclic amines) is 1. The summed E-state index contributed by atoms with van der Waals surface area (Å²) >= 11 is 0. The van der Waals surface area contributed by atoms with Crippen molar-refractivity contribution in [1.82, 2.24) is 4.90 Å². The number of rotatable bonds is 4. The van der Waals surface area contributed by atoms with E-state index in [-0.39, 0.29) is 6.42 Å². The lowest BCUT2D eigenvalue weighted by Crippen LogP contribution is -2.32. The van der Waals surface area contributed by atoms with Crippen LogP contribution in [0, 0.1) is 0 Å². The van der Waals surface area contributed by atoms with Crippen molar-refractivity contribution >= 4 is 5.97 Å². The largest absolute Gasteiger partial charge is 0.481 e. The van der Waals surface area contributed by atoms with Crippen LogP contribution in [0.3, 0.4) is 0 Å². The molecule has 1 atom stereocenters. The highest BCUT2D eigenvalue weighted by Gasteiger charge is 2.18. The standard InChI is InChI=1S/C16H23NO2/c1-13-7-3-2-6-10-17(13)12-15-9-5-4-8-14(15)11-16(18)19/h4-5,8-9,13H,2-3,6-7,10-12H2,1H3,(H,18,19). The molecule has 3 heteroatoms. The third-order valence-electron chi connectivity index (χ3n) is 4.02. The van der Waals surface area contributed by atoms with E-state index in [9.17, 15) is 4.79 Å². The maximum absolute atomic E-state index is 10.9. The van der Waals surface area contributed by atoms with Crippen LogP contribution in [0.25, 0.3) is 0 Å². The lowest BCUT2D eigenvalue weighted by Gasteiger charge is -2.27. The molecule has 1 unspecified atom stereocenters. The molecule has 0 aliphatic carbocycles. The van der Waals surface area contributed by atoms with Crippen LogP contribution in [0.2, 0.25) is 0 Å². The Labute approximate surface area is 115 Å². The normalized spacial score (nSPS) is 21.0. The van der Waals surface area contributed by atoms with Gasteiger partial charge in [0.25, 0.3) is 0 Å². The van der Waals surface area contributed by atoms with Crippen molar-refractivity contribution in [1.29, 1.82) is 0 Å². The minimum atomic E-state index is -0.753. The molecule has 2 rings (SSSR count). The fourth-order valence-electron chi connectivity index (χ4n) is 2.84. The van der Waals surface area contributed by atoms with Crippen molar-refractivity contribution in [3.63, 3.8) is 0 Å². The first kappa shape index (κ1) is 14.1. The zero-order valence-corrected chi connectivity index (χ0v) is 11.6. The van der Waals surface area contributed by atoms with Gasteiger partial charge in [-0.25, -0.2) is 0 Å². The minimum Gasteiger partial charge on any atom is -0.481 e. The SMILES string of the molecule is CC1CCCCCN1Cc1ccccc1CC(=O)O. The van der Waals surface area contributed by atoms with Crippen molar-refractivity contribution in [3.8, 4) is 0 Å². The monoisotopic (exact) mass is 261 g/mol. The zero-order chi connectivity index (χ0) is 13.7. The Morgan fingerprint density at radius 3 is 2.74 bits per heavy atom. The smallest absolute Gasteiger partial charge is 0.307 e. The van der Waals surface area contributed by atoms with Gasteiger partial charge in [0, 0.05) is 12.6 Å². The molecule has 1 N–H and O–H groups in total. The second kappa shape index (κ2) is 6.71. The number of carboxylic acid groups (broad SMARTS) is 1. The second-order valence-corrected chi connectivity index (χ2v) is 5.51. The fraction of sp³-hybridized carbons (Fsp3) is 0.562. The summed E-state index contributed by atoms with van der Waals surface area (Å²) in [5, 5.41) is 8.98. The molecule has 1 aromatic rings. The highest BCUT2D eigenvalue weighted by molar-refractivity contribution is 5.70. The van der Waals surface area contributed by atoms with Crippen LogP contribution < -0.4 is 0 Å². The van der Waals surface area contributed by atoms with Gasteiger partial charge in [-0.1, -0.05) is 37.1 Å². The van der Waals surface area contributed by atoms with Gasteiger partial charge >= 0.3 is 5.97 Å². The van der Waals surface area contributed by atoms with Crippen molar-refractivity contribution in [2.24, 2.45) is 0 Å². The molecule has 1 saturated heterocycles. The van der Waals surface area contributed by atoms with Crippen LogP contribution in [0.5, 0.6) is 0 Å². The van der Waals surface area contributed by atoms with Gasteiger partial charge in [0.2, 0.25) is 0 Å². The molecule has 0 aromatic heterocycles. The highest BCUT2D eigenvalue weighted by atomic mass is 16.4. The predicted molar refractivity (Wildman–Crippen MR) is 76.1 cm³/mol. The van der Waals surface area contributed by atoms with Gasteiger partial charge in [0.05, 0.1) is 6.42 Å². The highest BCUT2D eigenvalue weighted by Crippen LogP contribution is 2.20. The van der Waals surface area contributed by atoms with E-state index in [0.29, 0.717) is 6.04 Å². The summed E-state index contributed by atoms with van der Waals surface area (Å²) < 4.78 is 0. The number of benzene rings is 1. The van der Waals surface area contributed by atoms with Crippen LogP contribution in [-0.2, 0) is 17.8 Å². The Morgan fingerprint density at radius 1 is 1.26 bits per heavy atom. The molecular weight excluding hydrogens is 238 g/mol. The number of hydrogen-bond donors (Lipinski definition) is 1. The van der Waals surface area contributed by atoms with Crippen LogP contribution in [-0.4, -0.2) is 28.6 Å². The maximum Gasteiger partial charge on any atom is 0.307 e. The molecule has 1 aliphatic rings. The average molecular weight is 261 g/mol. The number of carbonyl (C=O) groups is 1. The first-order valence-corrected chi connectivity index (χ1v) is 7.19. The van der Waals surface area contributed by atoms with E-state index in [0.717, 1.165) is 18.7 Å². The summed E-state index contributed by atoms with van der Waals surface area (Å²) in [6.45, 7) is 4.29. The van der Waals surface area contributed by atoms with Gasteiger partial charge in [0.15, 0.2) is 0 Å². The molecule has 1 aliphatic heterocycles. The Kier molecular flexibility index (Phi) is 4.97. The molecule has 0 bridgehead atoms. The van der Waals surface area contributed by atoms with Gasteiger partial charge in [-0.05, 0) is 37.4 Å². The summed E-state index contributed by atoms with van der Waals surface area (Å²) in [4.78, 5) is 13.4. The fourth-order valence-corrected chi connectivity index (χ4v) is 2.84. The number of carboxylic acids is 1. The zero-order valence-electron chi connectivity index (χ0n) is 11.6. The Bertz CT molecular complexity index is 431. The Morgan fingerprint density at radius 2 is 2.00 bits per heavy atom. The molecule has 0 amide bonds. The first-order chi connectivity index (χ1) is 9.16. The second-order valence-electron chi connectivity index (χ2n) is 5.51. The third-order valence-corrected chi connectivity index (χ3v) is 4.02. The summed E-state index contributed by atoms with van der Waals surface area (Å²) in [6.07, 6.45) is 5.26. The molecule has 19 heavy (non-hydrogen) atoms. The quantitative estimate of drug-likeness (QED) is 0.905. The molecule has 3 nitrogen and oxygen atoms in total. The molecule has 1 heterocycles. The Hall–Kier alpha value is -1.35. The van der Waals surface area contributed by atoms with E-state index >= 15 is 0 Å². The van der Waals surface area contributed by atoms with Gasteiger partial charge in [-0.15, -0.1) is 0 Å². The van der Waals surface area contributed by atoms with Crippen molar-refractivity contribution in [3.05, 3.63) is 35.4 Å². The topological polar surface area (TPSA) is 40.5 Å². The molecule has 1 fully saturated rings. The van der Waals surface area contributed by atoms with Crippen LogP contribution in [0.1, 0.15) is 43.7 Å². The van der Waals surface area contributed by atoms with Crippen molar-refractivity contribution < 1.29 is 9.90 Å². The van der Waals surface area contributed by atoms with E-state index in [1.165, 1.54) is 31.2 Å². The summed E-state index contributed by atoms with van der Waals surface area (Å²) in [6, 6.07) is 8.53. The van der Waals surface area contributed by atoms with Gasteiger partial charge in [-0.3, -0.25) is 9.69 Å². The van der Waals surface area contributed by atoms with Crippen LogP contribution >= 0.6 is 0 Å². The molecule has 104 valence electrons. The van der Waals surface area contributed by atoms with E-state index in [4.69, 9.17) is 5.11 Å². The summed E-state index contributed by atoms with van der Waals surface area (Å²) in [7, 11) is 0. The maximum atomic E-state index is 10.9. The van der Waals surface area contributed by atoms with E-state index in [1.54, 1.807) is 0 Å². The van der Waals surface area contributed by atoms with Crippen molar-refractivity contribution in [2.45, 2.75) is 51.6 Å². The van der Waals surface area contributed by atoms with Crippen molar-refractivity contribution in [2.75, 3.05) is 6.54 Å². The average Bonchev–Trinajstić information content (AvgIpc) is 2.57. The number of hydrogen-bond acceptors (Lipinski definition) is 2. The summed E-state index contributed by atoms with van der Waals surface area (Å²) in [5.41, 5.74) is 2.12. The predicted octanol–water partition coefficient (Wildman–Crippen LogP) is 3.08. The van der Waals surface area contributed by atoms with Gasteiger partial charge in [-0.2, -0.15) is 0 Å². The first-order valence-electron chi connectivity index (χ1n) is 7.19. The third kappa shape index (κ3) is 4.06. The minimum absolute atomic E-state index is 0.123. The van der Waals surface area contributed by atoms with E-state index < -0.39 is 5.97 Å². The summed E-state index contributed by atoms with van der Waals surface area (Å²) in [5.74, 6) is -0.753. The Balaban J connectivity index is 2.10. The van der Waals surface area contributed by atoms with Crippen LogP contribution in [0.4, 0.5) is 0 Å². The molecule has 1 aromatic carbocycles. The number of aliphatic carboxylic acids is 1. The van der Waals surface area contributed by atoms with Crippen LogP contribution in [0.15, 0.2) is 24.3 Å². The molecular formula is C16H23NO2. The number of nitrogens with zero attached hydrogens (tertiary/aromatic N) is 1. The molecule has 0 spiro atoms. The molecule has 0 saturated carbocycles. The van der Waals surface area contributed by atoms with Gasteiger partial charge in [0.1, 0.15) is 0 Å². The van der Waals surface area contributed by atoms with E-state index in [2.05, 4.69) is 17.9 Å². The van der Waals surface area contributed by atoms with E-state index in [1.807, 2.05) is 18.2 Å². The lowest BCUT2D eigenvalue weighted by molar-refractivity contribution is -0.136. The molecule has 0 radical (unpaired) electrons. The lowest BCUT2D eigenvalue weighted by atomic mass is 10.0.